The highest BCUT2D eigenvalue weighted by Gasteiger charge is 2.21. The van der Waals surface area contributed by atoms with Gasteiger partial charge in [0.2, 0.25) is 0 Å². The zero-order valence-electron chi connectivity index (χ0n) is 10.6. The number of aromatic nitrogens is 4. The van der Waals surface area contributed by atoms with E-state index in [9.17, 15) is 9.18 Å². The number of aromatic amines is 2. The summed E-state index contributed by atoms with van der Waals surface area (Å²) in [5, 5.41) is 10.8. The fraction of sp³-hybridized carbons (Fsp3) is 0.154. The normalized spacial score (nSPS) is 10.9. The number of ether oxygens (including phenoxy) is 1. The van der Waals surface area contributed by atoms with Crippen LogP contribution >= 0.6 is 0 Å². The van der Waals surface area contributed by atoms with Gasteiger partial charge in [-0.05, 0) is 25.1 Å². The lowest BCUT2D eigenvalue weighted by Crippen LogP contribution is -2.07. The molecule has 0 fully saturated rings. The Hall–Kier alpha value is -2.70. The van der Waals surface area contributed by atoms with E-state index in [-0.39, 0.29) is 18.0 Å². The van der Waals surface area contributed by atoms with Gasteiger partial charge >= 0.3 is 5.97 Å². The fourth-order valence-electron chi connectivity index (χ4n) is 2.08. The molecule has 2 aromatic heterocycles. The molecule has 0 saturated heterocycles. The van der Waals surface area contributed by atoms with Crippen LogP contribution in [0.1, 0.15) is 17.4 Å². The van der Waals surface area contributed by atoms with Crippen molar-refractivity contribution in [2.75, 3.05) is 6.61 Å². The number of benzene rings is 1. The largest absolute Gasteiger partial charge is 0.461 e. The van der Waals surface area contributed by atoms with E-state index in [1.807, 2.05) is 0 Å². The van der Waals surface area contributed by atoms with Crippen molar-refractivity contribution in [3.8, 4) is 11.3 Å². The minimum atomic E-state index is -0.597. The highest BCUT2D eigenvalue weighted by molar-refractivity contribution is 6.00. The molecule has 0 amide bonds. The van der Waals surface area contributed by atoms with Crippen molar-refractivity contribution in [2.45, 2.75) is 6.92 Å². The van der Waals surface area contributed by atoms with Gasteiger partial charge in [-0.25, -0.2) is 9.18 Å². The van der Waals surface area contributed by atoms with E-state index >= 15 is 0 Å². The first kappa shape index (κ1) is 12.3. The minimum absolute atomic E-state index is 0.0355. The van der Waals surface area contributed by atoms with E-state index in [1.54, 1.807) is 19.2 Å². The Morgan fingerprint density at radius 1 is 1.40 bits per heavy atom. The molecule has 0 aliphatic heterocycles. The van der Waals surface area contributed by atoms with Gasteiger partial charge in [0.25, 0.3) is 0 Å². The van der Waals surface area contributed by atoms with Crippen molar-refractivity contribution in [3.63, 3.8) is 0 Å². The molecule has 0 aliphatic carbocycles. The third-order valence-corrected chi connectivity index (χ3v) is 2.90. The lowest BCUT2D eigenvalue weighted by Gasteiger charge is -2.03. The molecule has 7 heteroatoms. The molecule has 20 heavy (non-hydrogen) atoms. The molecule has 0 bridgehead atoms. The van der Waals surface area contributed by atoms with Crippen LogP contribution < -0.4 is 0 Å². The van der Waals surface area contributed by atoms with Crippen LogP contribution in [0.2, 0.25) is 0 Å². The first-order chi connectivity index (χ1) is 9.70. The van der Waals surface area contributed by atoms with Crippen LogP contribution in [0.5, 0.6) is 0 Å². The summed E-state index contributed by atoms with van der Waals surface area (Å²) in [5.74, 6) is -1.01. The molecule has 3 rings (SSSR count). The number of hydrogen-bond acceptors (Lipinski definition) is 4. The van der Waals surface area contributed by atoms with Crippen molar-refractivity contribution >= 4 is 16.9 Å². The van der Waals surface area contributed by atoms with E-state index in [1.165, 1.54) is 12.1 Å². The highest BCUT2D eigenvalue weighted by Crippen LogP contribution is 2.29. The summed E-state index contributed by atoms with van der Waals surface area (Å²) in [6, 6.07) is 4.45. The molecule has 0 atom stereocenters. The summed E-state index contributed by atoms with van der Waals surface area (Å²) in [7, 11) is 0. The van der Waals surface area contributed by atoms with Gasteiger partial charge < -0.3 is 9.72 Å². The van der Waals surface area contributed by atoms with Crippen LogP contribution in [0.25, 0.3) is 22.2 Å². The van der Waals surface area contributed by atoms with Crippen molar-refractivity contribution in [1.82, 2.24) is 20.4 Å². The third kappa shape index (κ3) is 1.93. The first-order valence-electron chi connectivity index (χ1n) is 6.05. The van der Waals surface area contributed by atoms with Crippen LogP contribution in [-0.4, -0.2) is 33.0 Å². The molecule has 6 nitrogen and oxygen atoms in total. The van der Waals surface area contributed by atoms with E-state index in [0.717, 1.165) is 0 Å². The van der Waals surface area contributed by atoms with Gasteiger partial charge in [-0.2, -0.15) is 10.3 Å². The van der Waals surface area contributed by atoms with E-state index < -0.39 is 11.8 Å². The van der Waals surface area contributed by atoms with Gasteiger partial charge in [-0.3, -0.25) is 0 Å². The van der Waals surface area contributed by atoms with Crippen molar-refractivity contribution in [2.24, 2.45) is 0 Å². The Kier molecular flexibility index (Phi) is 2.94. The van der Waals surface area contributed by atoms with Crippen LogP contribution in [0, 0.1) is 5.82 Å². The molecule has 0 spiro atoms. The Balaban J connectivity index is 2.19. The maximum atomic E-state index is 13.7. The maximum Gasteiger partial charge on any atom is 0.361 e. The smallest absolute Gasteiger partial charge is 0.361 e. The lowest BCUT2D eigenvalue weighted by molar-refractivity contribution is 0.0520. The van der Waals surface area contributed by atoms with Crippen molar-refractivity contribution in [1.29, 1.82) is 0 Å². The third-order valence-electron chi connectivity index (χ3n) is 2.90. The number of nitrogens with one attached hydrogen (secondary N) is 2. The molecule has 102 valence electrons. The SMILES string of the molecule is CCOC(=O)c1n[nH]nc1-c1cc(F)cc2cc[nH]c12. The second-order valence-electron chi connectivity index (χ2n) is 4.14. The predicted octanol–water partition coefficient (Wildman–Crippen LogP) is 2.27. The Labute approximate surface area is 113 Å². The van der Waals surface area contributed by atoms with E-state index in [0.29, 0.717) is 16.5 Å². The molecule has 3 aromatic rings. The van der Waals surface area contributed by atoms with Crippen LogP contribution in [0.3, 0.4) is 0 Å². The number of halogens is 1. The summed E-state index contributed by atoms with van der Waals surface area (Å²) in [5.41, 5.74) is 1.44. The summed E-state index contributed by atoms with van der Waals surface area (Å²) < 4.78 is 18.6. The van der Waals surface area contributed by atoms with Crippen LogP contribution in [0.15, 0.2) is 24.4 Å². The molecule has 2 N–H and O–H groups in total. The summed E-state index contributed by atoms with van der Waals surface area (Å²) >= 11 is 0. The molecule has 0 radical (unpaired) electrons. The fourth-order valence-corrected chi connectivity index (χ4v) is 2.08. The average molecular weight is 274 g/mol. The minimum Gasteiger partial charge on any atom is -0.461 e. The zero-order chi connectivity index (χ0) is 14.1. The number of esters is 1. The zero-order valence-corrected chi connectivity index (χ0v) is 10.6. The summed E-state index contributed by atoms with van der Waals surface area (Å²) in [6.45, 7) is 1.93. The molecule has 0 unspecified atom stereocenters. The van der Waals surface area contributed by atoms with Gasteiger partial charge in [0.1, 0.15) is 11.5 Å². The molecule has 0 aliphatic rings. The molecule has 0 saturated carbocycles. The van der Waals surface area contributed by atoms with Crippen LogP contribution in [0.4, 0.5) is 4.39 Å². The lowest BCUT2D eigenvalue weighted by atomic mass is 10.1. The summed E-state index contributed by atoms with van der Waals surface area (Å²) in [4.78, 5) is 14.8. The van der Waals surface area contributed by atoms with Gasteiger partial charge in [0, 0.05) is 17.1 Å². The average Bonchev–Trinajstić information content (AvgIpc) is 3.06. The first-order valence-corrected chi connectivity index (χ1v) is 6.05. The Bertz CT molecular complexity index is 778. The van der Waals surface area contributed by atoms with Gasteiger partial charge in [-0.15, -0.1) is 5.10 Å². The number of H-pyrrole nitrogens is 2. The van der Waals surface area contributed by atoms with Crippen molar-refractivity contribution < 1.29 is 13.9 Å². The predicted molar refractivity (Wildman–Crippen MR) is 69.6 cm³/mol. The number of rotatable bonds is 3. The number of carbonyl (C=O) groups excluding carboxylic acids is 1. The second kappa shape index (κ2) is 4.76. The van der Waals surface area contributed by atoms with Crippen LogP contribution in [-0.2, 0) is 4.74 Å². The quantitative estimate of drug-likeness (QED) is 0.717. The number of nitrogens with zero attached hydrogens (tertiary/aromatic N) is 2. The monoisotopic (exact) mass is 274 g/mol. The molecule has 1 aromatic carbocycles. The topological polar surface area (TPSA) is 83.7 Å². The summed E-state index contributed by atoms with van der Waals surface area (Å²) in [6.07, 6.45) is 1.69. The Morgan fingerprint density at radius 2 is 2.25 bits per heavy atom. The van der Waals surface area contributed by atoms with Crippen molar-refractivity contribution in [3.05, 3.63) is 35.9 Å². The number of carbonyl (C=O) groups is 1. The standard InChI is InChI=1S/C13H11FN4O2/c1-2-20-13(19)12-11(16-18-17-12)9-6-8(14)5-7-3-4-15-10(7)9/h3-6,15H,2H2,1H3,(H,16,17,18). The highest BCUT2D eigenvalue weighted by atomic mass is 19.1. The number of hydrogen-bond donors (Lipinski definition) is 2. The van der Waals surface area contributed by atoms with Gasteiger partial charge in [0.15, 0.2) is 5.69 Å². The van der Waals surface area contributed by atoms with E-state index in [4.69, 9.17) is 4.74 Å². The molecular weight excluding hydrogens is 263 g/mol. The Morgan fingerprint density at radius 3 is 3.05 bits per heavy atom. The van der Waals surface area contributed by atoms with Gasteiger partial charge in [0.05, 0.1) is 12.1 Å². The van der Waals surface area contributed by atoms with Gasteiger partial charge in [-0.1, -0.05) is 0 Å². The molecular formula is C13H11FN4O2. The second-order valence-corrected chi connectivity index (χ2v) is 4.14. The molecule has 2 heterocycles. The number of fused-ring (bicyclic) bond motifs is 1. The van der Waals surface area contributed by atoms with E-state index in [2.05, 4.69) is 20.4 Å². The maximum absolute atomic E-state index is 13.7.